The Labute approximate surface area is 83.6 Å². The summed E-state index contributed by atoms with van der Waals surface area (Å²) in [5.74, 6) is 0.118. The summed E-state index contributed by atoms with van der Waals surface area (Å²) < 4.78 is 13.6. The van der Waals surface area contributed by atoms with Gasteiger partial charge in [-0.3, -0.25) is 0 Å². The molecule has 0 amide bonds. The van der Waals surface area contributed by atoms with Gasteiger partial charge in [-0.1, -0.05) is 13.5 Å². The van der Waals surface area contributed by atoms with Crippen LogP contribution in [0.25, 0.3) is 0 Å². The number of nitrogens with one attached hydrogen (secondary N) is 1. The Kier molecular flexibility index (Phi) is 1.88. The molecule has 0 saturated carbocycles. The van der Waals surface area contributed by atoms with Gasteiger partial charge in [0.25, 0.3) is 0 Å². The number of allylic oxidation sites excluding steroid dienone is 1. The predicted octanol–water partition coefficient (Wildman–Crippen LogP) is 3.49. The van der Waals surface area contributed by atoms with Crippen molar-refractivity contribution in [3.63, 3.8) is 0 Å². The van der Waals surface area contributed by atoms with Crippen LogP contribution in [0.4, 0.5) is 10.1 Å². The van der Waals surface area contributed by atoms with Gasteiger partial charge >= 0.3 is 0 Å². The van der Waals surface area contributed by atoms with E-state index < -0.39 is 0 Å². The number of anilines is 1. The molecule has 0 aromatic heterocycles. The Morgan fingerprint density at radius 2 is 2.07 bits per heavy atom. The van der Waals surface area contributed by atoms with Crippen molar-refractivity contribution in [3.8, 4) is 0 Å². The van der Waals surface area contributed by atoms with Gasteiger partial charge in [-0.15, -0.1) is 0 Å². The third kappa shape index (κ3) is 1.07. The Morgan fingerprint density at radius 1 is 1.43 bits per heavy atom. The summed E-state index contributed by atoms with van der Waals surface area (Å²) in [5, 5.41) is 3.19. The van der Waals surface area contributed by atoms with Gasteiger partial charge in [0.05, 0.1) is 0 Å². The lowest BCUT2D eigenvalue weighted by molar-refractivity contribution is 0.606. The molecule has 0 radical (unpaired) electrons. The molecule has 0 fully saturated rings. The lowest BCUT2D eigenvalue weighted by atomic mass is 9.95. The average molecular weight is 191 g/mol. The summed E-state index contributed by atoms with van der Waals surface area (Å²) in [6.07, 6.45) is 0. The zero-order valence-electron chi connectivity index (χ0n) is 8.74. The highest BCUT2D eigenvalue weighted by molar-refractivity contribution is 5.68. The van der Waals surface area contributed by atoms with Crippen molar-refractivity contribution >= 4 is 5.69 Å². The molecule has 14 heavy (non-hydrogen) atoms. The molecule has 1 aromatic carbocycles. The van der Waals surface area contributed by atoms with E-state index in [-0.39, 0.29) is 11.7 Å². The van der Waals surface area contributed by atoms with E-state index in [1.807, 2.05) is 19.9 Å². The van der Waals surface area contributed by atoms with Gasteiger partial charge in [0.2, 0.25) is 0 Å². The first kappa shape index (κ1) is 9.25. The lowest BCUT2D eigenvalue weighted by Crippen LogP contribution is -1.96. The topological polar surface area (TPSA) is 12.0 Å². The van der Waals surface area contributed by atoms with Crippen molar-refractivity contribution in [2.24, 2.45) is 0 Å². The molecular weight excluding hydrogens is 177 g/mol. The fourth-order valence-electron chi connectivity index (χ4n) is 2.09. The second-order valence-corrected chi connectivity index (χ2v) is 3.97. The highest BCUT2D eigenvalue weighted by Crippen LogP contribution is 2.40. The lowest BCUT2D eigenvalue weighted by Gasteiger charge is -2.10. The number of hydrogen-bond donors (Lipinski definition) is 1. The predicted molar refractivity (Wildman–Crippen MR) is 57.1 cm³/mol. The SMILES string of the molecule is C=C1Nc2cc(C)c(F)c(C)c2C1C. The molecule has 2 heteroatoms. The molecule has 0 saturated heterocycles. The van der Waals surface area contributed by atoms with Crippen LogP contribution in [0.3, 0.4) is 0 Å². The Balaban J connectivity index is 2.70. The van der Waals surface area contributed by atoms with Crippen molar-refractivity contribution in [2.75, 3.05) is 5.32 Å². The molecular formula is C12H14FN. The second kappa shape index (κ2) is 2.84. The molecule has 1 aromatic rings. The maximum Gasteiger partial charge on any atom is 0.129 e. The van der Waals surface area contributed by atoms with E-state index in [1.165, 1.54) is 0 Å². The highest BCUT2D eigenvalue weighted by atomic mass is 19.1. The molecule has 1 N–H and O–H groups in total. The zero-order valence-corrected chi connectivity index (χ0v) is 8.74. The average Bonchev–Trinajstić information content (AvgIpc) is 2.39. The van der Waals surface area contributed by atoms with Gasteiger partial charge in [0, 0.05) is 17.3 Å². The smallest absolute Gasteiger partial charge is 0.129 e. The quantitative estimate of drug-likeness (QED) is 0.662. The first-order valence-corrected chi connectivity index (χ1v) is 4.77. The largest absolute Gasteiger partial charge is 0.359 e. The number of hydrogen-bond acceptors (Lipinski definition) is 1. The minimum Gasteiger partial charge on any atom is -0.359 e. The zero-order chi connectivity index (χ0) is 10.5. The summed E-state index contributed by atoms with van der Waals surface area (Å²) in [6.45, 7) is 9.58. The van der Waals surface area contributed by atoms with Crippen LogP contribution in [0.15, 0.2) is 18.3 Å². The third-order valence-electron chi connectivity index (χ3n) is 2.98. The Bertz CT molecular complexity index is 421. The summed E-state index contributed by atoms with van der Waals surface area (Å²) >= 11 is 0. The van der Waals surface area contributed by atoms with Crippen LogP contribution in [-0.2, 0) is 0 Å². The first-order valence-electron chi connectivity index (χ1n) is 4.77. The third-order valence-corrected chi connectivity index (χ3v) is 2.98. The minimum absolute atomic E-state index is 0.0906. The van der Waals surface area contributed by atoms with Gasteiger partial charge in [-0.25, -0.2) is 4.39 Å². The second-order valence-electron chi connectivity index (χ2n) is 3.97. The van der Waals surface area contributed by atoms with Crippen molar-refractivity contribution in [2.45, 2.75) is 26.7 Å². The first-order chi connectivity index (χ1) is 6.52. The molecule has 1 heterocycles. The molecule has 1 atom stereocenters. The number of aryl methyl sites for hydroxylation is 1. The summed E-state index contributed by atoms with van der Waals surface area (Å²) in [6, 6.07) is 1.85. The van der Waals surface area contributed by atoms with Crippen molar-refractivity contribution in [3.05, 3.63) is 40.8 Å². The Morgan fingerprint density at radius 3 is 2.71 bits per heavy atom. The molecule has 0 bridgehead atoms. The van der Waals surface area contributed by atoms with Crippen molar-refractivity contribution in [1.29, 1.82) is 0 Å². The van der Waals surface area contributed by atoms with Crippen LogP contribution in [-0.4, -0.2) is 0 Å². The molecule has 0 aliphatic carbocycles. The van der Waals surface area contributed by atoms with Crippen LogP contribution in [0.5, 0.6) is 0 Å². The summed E-state index contributed by atoms with van der Waals surface area (Å²) in [5.41, 5.74) is 4.46. The van der Waals surface area contributed by atoms with Gasteiger partial charge in [0.15, 0.2) is 0 Å². The number of rotatable bonds is 0. The van der Waals surface area contributed by atoms with Crippen molar-refractivity contribution in [1.82, 2.24) is 0 Å². The normalized spacial score (nSPS) is 19.4. The number of benzene rings is 1. The maximum absolute atomic E-state index is 13.6. The fourth-order valence-corrected chi connectivity index (χ4v) is 2.09. The molecule has 1 aliphatic rings. The molecule has 2 rings (SSSR count). The highest BCUT2D eigenvalue weighted by Gasteiger charge is 2.25. The molecule has 1 aliphatic heterocycles. The van der Waals surface area contributed by atoms with Crippen LogP contribution in [0, 0.1) is 19.7 Å². The molecule has 0 spiro atoms. The van der Waals surface area contributed by atoms with E-state index in [1.54, 1.807) is 6.92 Å². The summed E-state index contributed by atoms with van der Waals surface area (Å²) in [7, 11) is 0. The molecule has 1 unspecified atom stereocenters. The van der Waals surface area contributed by atoms with Crippen LogP contribution in [0.1, 0.15) is 29.5 Å². The van der Waals surface area contributed by atoms with Gasteiger partial charge < -0.3 is 5.32 Å². The van der Waals surface area contributed by atoms with Crippen molar-refractivity contribution < 1.29 is 4.39 Å². The van der Waals surface area contributed by atoms with Crippen LogP contribution < -0.4 is 5.32 Å². The minimum atomic E-state index is -0.0906. The fraction of sp³-hybridized carbons (Fsp3) is 0.333. The van der Waals surface area contributed by atoms with E-state index in [9.17, 15) is 4.39 Å². The molecule has 1 nitrogen and oxygen atoms in total. The van der Waals surface area contributed by atoms with E-state index in [0.717, 1.165) is 22.5 Å². The van der Waals surface area contributed by atoms with Gasteiger partial charge in [-0.2, -0.15) is 0 Å². The van der Waals surface area contributed by atoms with E-state index in [2.05, 4.69) is 11.9 Å². The number of fused-ring (bicyclic) bond motifs is 1. The van der Waals surface area contributed by atoms with E-state index >= 15 is 0 Å². The Hall–Kier alpha value is -1.31. The van der Waals surface area contributed by atoms with Gasteiger partial charge in [0.1, 0.15) is 5.82 Å². The standard InChI is InChI=1S/C12H14FN/c1-6-5-10-11(8(3)12(6)13)7(2)9(4)14-10/h5,7,14H,4H2,1-3H3. The van der Waals surface area contributed by atoms with E-state index in [4.69, 9.17) is 0 Å². The van der Waals surface area contributed by atoms with E-state index in [0.29, 0.717) is 5.56 Å². The maximum atomic E-state index is 13.6. The van der Waals surface area contributed by atoms with Crippen LogP contribution >= 0.6 is 0 Å². The van der Waals surface area contributed by atoms with Gasteiger partial charge in [-0.05, 0) is 36.6 Å². The summed E-state index contributed by atoms with van der Waals surface area (Å²) in [4.78, 5) is 0. The molecule has 74 valence electrons. The van der Waals surface area contributed by atoms with Crippen LogP contribution in [0.2, 0.25) is 0 Å². The number of halogens is 1. The monoisotopic (exact) mass is 191 g/mol.